The average molecular weight is 493 g/mol. The van der Waals surface area contributed by atoms with Gasteiger partial charge >= 0.3 is 0 Å². The maximum absolute atomic E-state index is 12.6. The molecule has 1 saturated heterocycles. The highest BCUT2D eigenvalue weighted by atomic mass is 35.5. The van der Waals surface area contributed by atoms with E-state index in [9.17, 15) is 13.2 Å². The van der Waals surface area contributed by atoms with Gasteiger partial charge < -0.3 is 10.2 Å². The Labute approximate surface area is 196 Å². The lowest BCUT2D eigenvalue weighted by atomic mass is 10.2. The van der Waals surface area contributed by atoms with Crippen LogP contribution in [-0.2, 0) is 9.84 Å². The van der Waals surface area contributed by atoms with Gasteiger partial charge in [-0.1, -0.05) is 42.0 Å². The lowest BCUT2D eigenvalue weighted by Crippen LogP contribution is -2.48. The van der Waals surface area contributed by atoms with Crippen molar-refractivity contribution in [1.29, 1.82) is 0 Å². The highest BCUT2D eigenvalue weighted by molar-refractivity contribution is 7.91. The molecule has 0 aliphatic carbocycles. The van der Waals surface area contributed by atoms with Crippen molar-refractivity contribution in [2.45, 2.75) is 11.8 Å². The van der Waals surface area contributed by atoms with Crippen LogP contribution in [0.3, 0.4) is 0 Å². The number of carbonyl (C=O) groups excluding carboxylic acids is 1. The van der Waals surface area contributed by atoms with Crippen LogP contribution >= 0.6 is 22.9 Å². The number of benzene rings is 2. The Hall–Kier alpha value is -2.20. The molecule has 10 heteroatoms. The highest BCUT2D eigenvalue weighted by Gasteiger charge is 2.22. The van der Waals surface area contributed by atoms with Crippen molar-refractivity contribution in [3.05, 3.63) is 53.1 Å². The van der Waals surface area contributed by atoms with Gasteiger partial charge in [-0.05, 0) is 30.3 Å². The Kier molecular flexibility index (Phi) is 6.99. The van der Waals surface area contributed by atoms with E-state index in [0.717, 1.165) is 46.5 Å². The number of aromatic nitrogens is 1. The number of piperazine rings is 1. The summed E-state index contributed by atoms with van der Waals surface area (Å²) in [6.45, 7) is 6.20. The average Bonchev–Trinajstić information content (AvgIpc) is 3.22. The van der Waals surface area contributed by atoms with E-state index in [0.29, 0.717) is 13.1 Å². The lowest BCUT2D eigenvalue weighted by molar-refractivity contribution is 0.0944. The third kappa shape index (κ3) is 5.06. The molecule has 170 valence electrons. The first kappa shape index (κ1) is 23.0. The summed E-state index contributed by atoms with van der Waals surface area (Å²) in [5.74, 6) is -0.395. The Morgan fingerprint density at radius 1 is 1.16 bits per heavy atom. The van der Waals surface area contributed by atoms with Crippen LogP contribution in [0.1, 0.15) is 17.3 Å². The molecule has 4 rings (SSSR count). The van der Waals surface area contributed by atoms with Gasteiger partial charge in [0.05, 0.1) is 26.4 Å². The fourth-order valence-corrected chi connectivity index (χ4v) is 6.07. The number of carbonyl (C=O) groups is 1. The van der Waals surface area contributed by atoms with E-state index in [1.807, 2.05) is 18.2 Å². The second-order valence-corrected chi connectivity index (χ2v) is 11.3. The van der Waals surface area contributed by atoms with Crippen LogP contribution in [0.5, 0.6) is 0 Å². The molecule has 0 unspecified atom stereocenters. The number of nitrogens with zero attached hydrogens (tertiary/aromatic N) is 3. The quantitative estimate of drug-likeness (QED) is 0.545. The summed E-state index contributed by atoms with van der Waals surface area (Å²) < 4.78 is 25.6. The molecule has 2 heterocycles. The van der Waals surface area contributed by atoms with Crippen molar-refractivity contribution in [3.8, 4) is 0 Å². The Balaban J connectivity index is 1.29. The van der Waals surface area contributed by atoms with E-state index in [1.54, 1.807) is 36.5 Å². The molecule has 1 fully saturated rings. The van der Waals surface area contributed by atoms with Crippen LogP contribution in [0.25, 0.3) is 10.2 Å². The van der Waals surface area contributed by atoms with Gasteiger partial charge in [0.15, 0.2) is 15.0 Å². The molecule has 0 spiro atoms. The molecule has 0 atom stereocenters. The minimum Gasteiger partial charge on any atom is -0.351 e. The summed E-state index contributed by atoms with van der Waals surface area (Å²) in [6, 6.07) is 12.1. The molecule has 7 nitrogen and oxygen atoms in total. The molecule has 1 amide bonds. The number of sulfone groups is 1. The summed E-state index contributed by atoms with van der Waals surface area (Å²) in [5.41, 5.74) is 1.17. The Morgan fingerprint density at radius 2 is 1.91 bits per heavy atom. The number of thiazole rings is 1. The second kappa shape index (κ2) is 9.74. The smallest absolute Gasteiger partial charge is 0.252 e. The molecule has 1 N–H and O–H groups in total. The minimum absolute atomic E-state index is 0.0384. The number of fused-ring (bicyclic) bond motifs is 1. The zero-order chi connectivity index (χ0) is 22.7. The molecule has 3 aromatic rings. The molecule has 1 aliphatic heterocycles. The number of hydrogen-bond acceptors (Lipinski definition) is 7. The predicted molar refractivity (Wildman–Crippen MR) is 130 cm³/mol. The monoisotopic (exact) mass is 492 g/mol. The summed E-state index contributed by atoms with van der Waals surface area (Å²) >= 11 is 7.73. The number of amides is 1. The van der Waals surface area contributed by atoms with Crippen molar-refractivity contribution in [2.75, 3.05) is 49.9 Å². The van der Waals surface area contributed by atoms with Crippen LogP contribution < -0.4 is 10.2 Å². The lowest BCUT2D eigenvalue weighted by Gasteiger charge is -2.34. The zero-order valence-corrected chi connectivity index (χ0v) is 20.1. The summed E-state index contributed by atoms with van der Waals surface area (Å²) in [5, 5.41) is 4.59. The Bertz CT molecular complexity index is 1220. The zero-order valence-electron chi connectivity index (χ0n) is 17.8. The number of nitrogens with one attached hydrogen (secondary N) is 1. The molecular weight excluding hydrogens is 468 g/mol. The fourth-order valence-electron chi connectivity index (χ4n) is 3.69. The molecule has 2 aromatic carbocycles. The van der Waals surface area contributed by atoms with Gasteiger partial charge in [-0.3, -0.25) is 9.69 Å². The van der Waals surface area contributed by atoms with E-state index in [4.69, 9.17) is 16.6 Å². The summed E-state index contributed by atoms with van der Waals surface area (Å²) in [6.07, 6.45) is 0. The standard InChI is InChI=1S/C22H25ClN4O3S2/c1-2-32(29,30)20-6-4-3-5-17(20)21(28)24-9-10-26-11-13-27(14-12-26)22-25-18-8-7-16(23)15-19(18)31-22/h3-8,15H,2,9-14H2,1H3,(H,24,28). The van der Waals surface area contributed by atoms with E-state index in [2.05, 4.69) is 15.1 Å². The van der Waals surface area contributed by atoms with Crippen LogP contribution in [0.2, 0.25) is 5.02 Å². The van der Waals surface area contributed by atoms with E-state index in [1.165, 1.54) is 6.07 Å². The summed E-state index contributed by atoms with van der Waals surface area (Å²) in [4.78, 5) is 22.0. The molecular formula is C22H25ClN4O3S2. The van der Waals surface area contributed by atoms with Crippen LogP contribution in [-0.4, -0.2) is 69.2 Å². The summed E-state index contributed by atoms with van der Waals surface area (Å²) in [7, 11) is -3.45. The number of hydrogen-bond donors (Lipinski definition) is 1. The molecule has 1 aromatic heterocycles. The third-order valence-electron chi connectivity index (χ3n) is 5.54. The third-order valence-corrected chi connectivity index (χ3v) is 8.64. The van der Waals surface area contributed by atoms with Crippen molar-refractivity contribution in [2.24, 2.45) is 0 Å². The maximum atomic E-state index is 12.6. The number of anilines is 1. The largest absolute Gasteiger partial charge is 0.351 e. The Morgan fingerprint density at radius 3 is 2.66 bits per heavy atom. The first-order valence-electron chi connectivity index (χ1n) is 10.5. The number of rotatable bonds is 7. The van der Waals surface area contributed by atoms with E-state index < -0.39 is 9.84 Å². The van der Waals surface area contributed by atoms with Gasteiger partial charge in [0.2, 0.25) is 0 Å². The molecule has 0 radical (unpaired) electrons. The van der Waals surface area contributed by atoms with Gasteiger partial charge in [-0.15, -0.1) is 0 Å². The molecule has 1 aliphatic rings. The second-order valence-electron chi connectivity index (χ2n) is 7.59. The van der Waals surface area contributed by atoms with Crippen LogP contribution in [0.15, 0.2) is 47.4 Å². The molecule has 0 bridgehead atoms. The highest BCUT2D eigenvalue weighted by Crippen LogP contribution is 2.31. The van der Waals surface area contributed by atoms with Crippen molar-refractivity contribution >= 4 is 54.0 Å². The van der Waals surface area contributed by atoms with Crippen LogP contribution in [0, 0.1) is 0 Å². The van der Waals surface area contributed by atoms with Gasteiger partial charge in [0, 0.05) is 44.3 Å². The predicted octanol–water partition coefficient (Wildman–Crippen LogP) is 3.30. The van der Waals surface area contributed by atoms with Gasteiger partial charge in [0.25, 0.3) is 5.91 Å². The van der Waals surface area contributed by atoms with Crippen LogP contribution in [0.4, 0.5) is 5.13 Å². The van der Waals surface area contributed by atoms with E-state index >= 15 is 0 Å². The van der Waals surface area contributed by atoms with E-state index in [-0.39, 0.29) is 22.1 Å². The number of halogens is 1. The first-order chi connectivity index (χ1) is 15.4. The minimum atomic E-state index is -3.45. The molecule has 32 heavy (non-hydrogen) atoms. The normalized spacial score (nSPS) is 15.2. The van der Waals surface area contributed by atoms with Gasteiger partial charge in [0.1, 0.15) is 0 Å². The topological polar surface area (TPSA) is 82.6 Å². The van der Waals surface area contributed by atoms with Gasteiger partial charge in [-0.25, -0.2) is 13.4 Å². The van der Waals surface area contributed by atoms with Gasteiger partial charge in [-0.2, -0.15) is 0 Å². The first-order valence-corrected chi connectivity index (χ1v) is 13.4. The van der Waals surface area contributed by atoms with Crippen molar-refractivity contribution in [1.82, 2.24) is 15.2 Å². The fraction of sp³-hybridized carbons (Fsp3) is 0.364. The maximum Gasteiger partial charge on any atom is 0.252 e. The molecule has 0 saturated carbocycles. The van der Waals surface area contributed by atoms with Crippen molar-refractivity contribution in [3.63, 3.8) is 0 Å². The van der Waals surface area contributed by atoms with Crippen molar-refractivity contribution < 1.29 is 13.2 Å². The SMILES string of the molecule is CCS(=O)(=O)c1ccccc1C(=O)NCCN1CCN(c2nc3ccc(Cl)cc3s2)CC1.